The van der Waals surface area contributed by atoms with Crippen molar-refractivity contribution < 1.29 is 0 Å². The number of aryl methyl sites for hydroxylation is 1. The molecular weight excluding hydrogens is 282 g/mol. The Kier molecular flexibility index (Phi) is 4.55. The molecule has 1 atom stereocenters. The third-order valence-corrected chi connectivity index (χ3v) is 3.73. The molecule has 2 N–H and O–H groups in total. The first-order valence-electron chi connectivity index (χ1n) is 7.82. The Hall–Kier alpha value is -1.89. The molecule has 0 bridgehead atoms. The molecule has 1 unspecified atom stereocenters. The van der Waals surface area contributed by atoms with E-state index < -0.39 is 0 Å². The second-order valence-corrected chi connectivity index (χ2v) is 6.01. The lowest BCUT2D eigenvalue weighted by atomic mass is 10.2. The van der Waals surface area contributed by atoms with Crippen molar-refractivity contribution in [3.05, 3.63) is 26.7 Å². The molecule has 2 aromatic heterocycles. The number of fused-ring (bicyclic) bond motifs is 1. The highest BCUT2D eigenvalue weighted by Crippen LogP contribution is 2.17. The zero-order valence-electron chi connectivity index (χ0n) is 14.0. The summed E-state index contributed by atoms with van der Waals surface area (Å²) < 4.78 is 4.69. The van der Waals surface area contributed by atoms with Crippen LogP contribution in [0.5, 0.6) is 0 Å². The number of hydrogen-bond donors (Lipinski definition) is 1. The van der Waals surface area contributed by atoms with Gasteiger partial charge in [-0.25, -0.2) is 9.78 Å². The van der Waals surface area contributed by atoms with E-state index in [0.717, 1.165) is 0 Å². The van der Waals surface area contributed by atoms with E-state index in [0.29, 0.717) is 36.6 Å². The lowest BCUT2D eigenvalue weighted by Crippen LogP contribution is -2.40. The highest BCUT2D eigenvalue weighted by molar-refractivity contribution is 5.71. The third kappa shape index (κ3) is 2.49. The molecule has 0 fully saturated rings. The normalized spacial score (nSPS) is 13.2. The van der Waals surface area contributed by atoms with Crippen molar-refractivity contribution in [2.24, 2.45) is 11.7 Å². The van der Waals surface area contributed by atoms with Crippen LogP contribution in [-0.4, -0.2) is 18.7 Å². The van der Waals surface area contributed by atoms with Gasteiger partial charge in [0.2, 0.25) is 0 Å². The Morgan fingerprint density at radius 1 is 1.05 bits per heavy atom. The molecular formula is C15H25N5O2. The van der Waals surface area contributed by atoms with Gasteiger partial charge in [0.15, 0.2) is 11.2 Å². The zero-order chi connectivity index (χ0) is 16.6. The predicted molar refractivity (Wildman–Crippen MR) is 87.0 cm³/mol. The fourth-order valence-electron chi connectivity index (χ4n) is 2.78. The number of nitrogens with zero attached hydrogens (tertiary/aromatic N) is 4. The summed E-state index contributed by atoms with van der Waals surface area (Å²) >= 11 is 0. The lowest BCUT2D eigenvalue weighted by Gasteiger charge is -2.12. The second kappa shape index (κ2) is 6.08. The molecule has 2 heterocycles. The maximum absolute atomic E-state index is 12.7. The fraction of sp³-hybridized carbons (Fsp3) is 0.667. The number of rotatable bonds is 5. The zero-order valence-corrected chi connectivity index (χ0v) is 14.0. The van der Waals surface area contributed by atoms with E-state index in [9.17, 15) is 9.59 Å². The molecule has 0 radical (unpaired) electrons. The van der Waals surface area contributed by atoms with E-state index in [4.69, 9.17) is 5.73 Å². The minimum Gasteiger partial charge on any atom is -0.322 e. The van der Waals surface area contributed by atoms with Crippen LogP contribution in [0.25, 0.3) is 11.2 Å². The Bertz CT molecular complexity index is 795. The van der Waals surface area contributed by atoms with Gasteiger partial charge in [-0.2, -0.15) is 0 Å². The Morgan fingerprint density at radius 3 is 2.09 bits per heavy atom. The number of nitrogens with two attached hydrogens (primary N) is 1. The summed E-state index contributed by atoms with van der Waals surface area (Å²) in [5, 5.41) is 0. The van der Waals surface area contributed by atoms with Gasteiger partial charge in [0.1, 0.15) is 5.82 Å². The largest absolute Gasteiger partial charge is 0.332 e. The molecule has 0 aromatic carbocycles. The summed E-state index contributed by atoms with van der Waals surface area (Å²) in [5.74, 6) is 0.912. The lowest BCUT2D eigenvalue weighted by molar-refractivity contribution is 0.491. The van der Waals surface area contributed by atoms with Crippen LogP contribution in [-0.2, 0) is 19.6 Å². The summed E-state index contributed by atoms with van der Waals surface area (Å²) in [6.45, 7) is 11.1. The molecule has 0 aliphatic carbocycles. The molecule has 0 amide bonds. The Morgan fingerprint density at radius 2 is 1.64 bits per heavy atom. The highest BCUT2D eigenvalue weighted by atomic mass is 16.2. The molecule has 2 aromatic rings. The van der Waals surface area contributed by atoms with E-state index in [1.807, 2.05) is 32.3 Å². The van der Waals surface area contributed by atoms with Gasteiger partial charge >= 0.3 is 5.69 Å². The average molecular weight is 307 g/mol. The van der Waals surface area contributed by atoms with Gasteiger partial charge in [-0.05, 0) is 26.7 Å². The molecule has 0 saturated heterocycles. The predicted octanol–water partition coefficient (Wildman–Crippen LogP) is 1.08. The summed E-state index contributed by atoms with van der Waals surface area (Å²) in [5.41, 5.74) is 6.31. The first kappa shape index (κ1) is 16.5. The Labute approximate surface area is 129 Å². The molecule has 0 spiro atoms. The van der Waals surface area contributed by atoms with Crippen molar-refractivity contribution in [3.8, 4) is 0 Å². The van der Waals surface area contributed by atoms with Gasteiger partial charge in [0.25, 0.3) is 5.56 Å². The maximum atomic E-state index is 12.7. The van der Waals surface area contributed by atoms with Gasteiger partial charge in [0.05, 0.1) is 6.04 Å². The fourth-order valence-corrected chi connectivity index (χ4v) is 2.78. The standard InChI is InChI=1S/C15H25N5O2/c1-6-18-11-13(17-12(18)10(5)16)20(8-9(3)4)15(22)19(7-2)14(11)21/h9-10H,6-8,16H2,1-5H3. The van der Waals surface area contributed by atoms with E-state index in [1.54, 1.807) is 11.5 Å². The number of imidazole rings is 1. The Balaban J connectivity index is 3.00. The van der Waals surface area contributed by atoms with Gasteiger partial charge < -0.3 is 10.3 Å². The van der Waals surface area contributed by atoms with Crippen LogP contribution in [0, 0.1) is 5.92 Å². The monoisotopic (exact) mass is 307 g/mol. The number of aromatic nitrogens is 4. The molecule has 122 valence electrons. The molecule has 0 aliphatic rings. The van der Waals surface area contributed by atoms with Crippen LogP contribution in [0.4, 0.5) is 0 Å². The smallest absolute Gasteiger partial charge is 0.322 e. The average Bonchev–Trinajstić information content (AvgIpc) is 2.83. The summed E-state index contributed by atoms with van der Waals surface area (Å²) in [6.07, 6.45) is 0. The van der Waals surface area contributed by atoms with Crippen LogP contribution in [0.15, 0.2) is 9.59 Å². The SMILES string of the molecule is CCn1c(=O)c2c(nc(C(C)N)n2CC)n(CC(C)C)c1=O. The third-order valence-electron chi connectivity index (χ3n) is 3.73. The van der Waals surface area contributed by atoms with Gasteiger partial charge in [0, 0.05) is 19.6 Å². The van der Waals surface area contributed by atoms with Crippen molar-refractivity contribution in [3.63, 3.8) is 0 Å². The highest BCUT2D eigenvalue weighted by Gasteiger charge is 2.22. The van der Waals surface area contributed by atoms with Gasteiger partial charge in [-0.3, -0.25) is 13.9 Å². The first-order valence-corrected chi connectivity index (χ1v) is 7.82. The van der Waals surface area contributed by atoms with E-state index >= 15 is 0 Å². The van der Waals surface area contributed by atoms with Gasteiger partial charge in [-0.15, -0.1) is 0 Å². The van der Waals surface area contributed by atoms with Crippen molar-refractivity contribution in [1.82, 2.24) is 18.7 Å². The first-order chi connectivity index (χ1) is 10.3. The summed E-state index contributed by atoms with van der Waals surface area (Å²) in [6, 6.07) is -0.301. The quantitative estimate of drug-likeness (QED) is 0.895. The van der Waals surface area contributed by atoms with Crippen molar-refractivity contribution in [2.45, 2.75) is 60.3 Å². The van der Waals surface area contributed by atoms with Crippen LogP contribution >= 0.6 is 0 Å². The van der Waals surface area contributed by atoms with Crippen molar-refractivity contribution in [1.29, 1.82) is 0 Å². The second-order valence-electron chi connectivity index (χ2n) is 6.01. The molecule has 7 nitrogen and oxygen atoms in total. The minimum atomic E-state index is -0.301. The summed E-state index contributed by atoms with van der Waals surface area (Å²) in [4.78, 5) is 29.8. The molecule has 0 aliphatic heterocycles. The van der Waals surface area contributed by atoms with E-state index in [2.05, 4.69) is 4.98 Å². The van der Waals surface area contributed by atoms with E-state index in [1.165, 1.54) is 4.57 Å². The summed E-state index contributed by atoms with van der Waals surface area (Å²) in [7, 11) is 0. The molecule has 7 heteroatoms. The molecule has 22 heavy (non-hydrogen) atoms. The van der Waals surface area contributed by atoms with Crippen LogP contribution in [0.1, 0.15) is 46.5 Å². The maximum Gasteiger partial charge on any atom is 0.332 e. The molecule has 2 rings (SSSR count). The van der Waals surface area contributed by atoms with E-state index in [-0.39, 0.29) is 23.2 Å². The van der Waals surface area contributed by atoms with Crippen molar-refractivity contribution in [2.75, 3.05) is 0 Å². The minimum absolute atomic E-state index is 0.272. The van der Waals surface area contributed by atoms with Crippen molar-refractivity contribution >= 4 is 11.2 Å². The number of hydrogen-bond acceptors (Lipinski definition) is 4. The van der Waals surface area contributed by atoms with Crippen LogP contribution in [0.3, 0.4) is 0 Å². The molecule has 0 saturated carbocycles. The van der Waals surface area contributed by atoms with Crippen LogP contribution < -0.4 is 17.0 Å². The topological polar surface area (TPSA) is 87.8 Å². The van der Waals surface area contributed by atoms with Crippen LogP contribution in [0.2, 0.25) is 0 Å². The van der Waals surface area contributed by atoms with Gasteiger partial charge in [-0.1, -0.05) is 13.8 Å².